The summed E-state index contributed by atoms with van der Waals surface area (Å²) in [6, 6.07) is 0. The van der Waals surface area contributed by atoms with E-state index in [1.54, 1.807) is 0 Å². The van der Waals surface area contributed by atoms with Crippen LogP contribution in [0, 0.1) is 11.8 Å². The summed E-state index contributed by atoms with van der Waals surface area (Å²) in [5.41, 5.74) is 0. The first-order chi connectivity index (χ1) is 7.84. The fraction of sp³-hybridized carbons (Fsp3) is 1.00. The molecule has 2 rings (SSSR count). The van der Waals surface area contributed by atoms with Crippen molar-refractivity contribution in [2.45, 2.75) is 58.0 Å². The smallest absolute Gasteiger partial charge is 0.0700 e. The second-order valence-corrected chi connectivity index (χ2v) is 5.77. The van der Waals surface area contributed by atoms with Gasteiger partial charge in [-0.15, -0.1) is 0 Å². The average molecular weight is 225 g/mol. The third kappa shape index (κ3) is 4.06. The van der Waals surface area contributed by atoms with Crippen LogP contribution in [-0.2, 0) is 4.74 Å². The number of rotatable bonds is 5. The van der Waals surface area contributed by atoms with Crippen LogP contribution in [0.3, 0.4) is 0 Å². The molecule has 0 bridgehead atoms. The Hall–Kier alpha value is -0.0800. The van der Waals surface area contributed by atoms with E-state index in [-0.39, 0.29) is 0 Å². The first-order valence-electron chi connectivity index (χ1n) is 7.17. The normalized spacial score (nSPS) is 35.4. The first kappa shape index (κ1) is 12.4. The highest BCUT2D eigenvalue weighted by Gasteiger charge is 2.19. The van der Waals surface area contributed by atoms with Gasteiger partial charge in [-0.25, -0.2) is 0 Å². The minimum atomic E-state index is 0.505. The standard InChI is InChI=1S/C14H27NO/c1-12-4-2-5-13(10-12)7-8-15-11-14-6-3-9-16-14/h12-15H,2-11H2,1H3. The maximum atomic E-state index is 5.60. The summed E-state index contributed by atoms with van der Waals surface area (Å²) in [5.74, 6) is 1.96. The summed E-state index contributed by atoms with van der Waals surface area (Å²) < 4.78 is 5.60. The van der Waals surface area contributed by atoms with Crippen LogP contribution < -0.4 is 5.32 Å². The zero-order valence-electron chi connectivity index (χ0n) is 10.7. The van der Waals surface area contributed by atoms with Gasteiger partial charge in [0.05, 0.1) is 6.10 Å². The van der Waals surface area contributed by atoms with E-state index in [1.807, 2.05) is 0 Å². The molecule has 1 saturated heterocycles. The Morgan fingerprint density at radius 2 is 2.12 bits per heavy atom. The second kappa shape index (κ2) is 6.61. The molecule has 3 atom stereocenters. The van der Waals surface area contributed by atoms with E-state index in [0.717, 1.165) is 25.0 Å². The monoisotopic (exact) mass is 225 g/mol. The van der Waals surface area contributed by atoms with E-state index in [4.69, 9.17) is 4.74 Å². The Balaban J connectivity index is 1.50. The van der Waals surface area contributed by atoms with E-state index in [9.17, 15) is 0 Å². The summed E-state index contributed by atoms with van der Waals surface area (Å²) in [6.45, 7) is 5.65. The fourth-order valence-corrected chi connectivity index (χ4v) is 3.20. The van der Waals surface area contributed by atoms with Crippen LogP contribution in [0.5, 0.6) is 0 Å². The van der Waals surface area contributed by atoms with Crippen LogP contribution in [0.4, 0.5) is 0 Å². The van der Waals surface area contributed by atoms with Gasteiger partial charge in [-0.3, -0.25) is 0 Å². The summed E-state index contributed by atoms with van der Waals surface area (Å²) in [7, 11) is 0. The summed E-state index contributed by atoms with van der Waals surface area (Å²) >= 11 is 0. The molecule has 2 aliphatic rings. The van der Waals surface area contributed by atoms with Crippen molar-refractivity contribution in [1.82, 2.24) is 5.32 Å². The Bertz CT molecular complexity index is 189. The Morgan fingerprint density at radius 1 is 1.19 bits per heavy atom. The van der Waals surface area contributed by atoms with Crippen LogP contribution in [0.25, 0.3) is 0 Å². The molecule has 2 heteroatoms. The molecular formula is C14H27NO. The predicted molar refractivity (Wildman–Crippen MR) is 67.6 cm³/mol. The lowest BCUT2D eigenvalue weighted by atomic mass is 9.81. The van der Waals surface area contributed by atoms with Crippen molar-refractivity contribution in [3.05, 3.63) is 0 Å². The molecular weight excluding hydrogens is 198 g/mol. The molecule has 1 saturated carbocycles. The van der Waals surface area contributed by atoms with Gasteiger partial charge in [0.25, 0.3) is 0 Å². The third-order valence-corrected chi connectivity index (χ3v) is 4.17. The number of hydrogen-bond donors (Lipinski definition) is 1. The van der Waals surface area contributed by atoms with Crippen LogP contribution in [0.2, 0.25) is 0 Å². The van der Waals surface area contributed by atoms with Crippen molar-refractivity contribution < 1.29 is 4.74 Å². The minimum Gasteiger partial charge on any atom is -0.377 e. The Labute approximate surface area is 100 Å². The van der Waals surface area contributed by atoms with Crippen LogP contribution >= 0.6 is 0 Å². The van der Waals surface area contributed by atoms with Gasteiger partial charge in [0.15, 0.2) is 0 Å². The predicted octanol–water partition coefficient (Wildman–Crippen LogP) is 2.97. The molecule has 1 aliphatic heterocycles. The van der Waals surface area contributed by atoms with E-state index < -0.39 is 0 Å². The largest absolute Gasteiger partial charge is 0.377 e. The van der Waals surface area contributed by atoms with Gasteiger partial charge in [0.2, 0.25) is 0 Å². The fourth-order valence-electron chi connectivity index (χ4n) is 3.20. The van der Waals surface area contributed by atoms with Gasteiger partial charge in [0.1, 0.15) is 0 Å². The molecule has 16 heavy (non-hydrogen) atoms. The topological polar surface area (TPSA) is 21.3 Å². The summed E-state index contributed by atoms with van der Waals surface area (Å²) in [4.78, 5) is 0. The maximum Gasteiger partial charge on any atom is 0.0700 e. The molecule has 1 N–H and O–H groups in total. The first-order valence-corrected chi connectivity index (χ1v) is 7.17. The molecule has 0 radical (unpaired) electrons. The third-order valence-electron chi connectivity index (χ3n) is 4.17. The molecule has 2 nitrogen and oxygen atoms in total. The van der Waals surface area contributed by atoms with E-state index in [2.05, 4.69) is 12.2 Å². The average Bonchev–Trinajstić information content (AvgIpc) is 2.77. The van der Waals surface area contributed by atoms with Gasteiger partial charge < -0.3 is 10.1 Å². The van der Waals surface area contributed by atoms with Crippen molar-refractivity contribution >= 4 is 0 Å². The van der Waals surface area contributed by atoms with Crippen molar-refractivity contribution in [2.75, 3.05) is 19.7 Å². The molecule has 1 aliphatic carbocycles. The quantitative estimate of drug-likeness (QED) is 0.726. The zero-order chi connectivity index (χ0) is 11.2. The van der Waals surface area contributed by atoms with Gasteiger partial charge in [-0.2, -0.15) is 0 Å². The van der Waals surface area contributed by atoms with E-state index in [1.165, 1.54) is 51.5 Å². The van der Waals surface area contributed by atoms with Crippen LogP contribution in [0.15, 0.2) is 0 Å². The Kier molecular flexibility index (Phi) is 5.11. The van der Waals surface area contributed by atoms with Crippen molar-refractivity contribution in [1.29, 1.82) is 0 Å². The molecule has 0 aromatic heterocycles. The van der Waals surface area contributed by atoms with Crippen LogP contribution in [0.1, 0.15) is 51.9 Å². The second-order valence-electron chi connectivity index (χ2n) is 5.77. The minimum absolute atomic E-state index is 0.505. The SMILES string of the molecule is CC1CCCC(CCNCC2CCCO2)C1. The van der Waals surface area contributed by atoms with Crippen molar-refractivity contribution in [3.8, 4) is 0 Å². The summed E-state index contributed by atoms with van der Waals surface area (Å²) in [6.07, 6.45) is 10.2. The van der Waals surface area contributed by atoms with Gasteiger partial charge >= 0.3 is 0 Å². The summed E-state index contributed by atoms with van der Waals surface area (Å²) in [5, 5.41) is 3.56. The number of hydrogen-bond acceptors (Lipinski definition) is 2. The molecule has 0 aromatic rings. The molecule has 0 aromatic carbocycles. The van der Waals surface area contributed by atoms with E-state index >= 15 is 0 Å². The lowest BCUT2D eigenvalue weighted by molar-refractivity contribution is 0.109. The molecule has 2 fully saturated rings. The Morgan fingerprint density at radius 3 is 2.88 bits per heavy atom. The molecule has 94 valence electrons. The van der Waals surface area contributed by atoms with Gasteiger partial charge in [-0.05, 0) is 44.1 Å². The highest BCUT2D eigenvalue weighted by atomic mass is 16.5. The van der Waals surface area contributed by atoms with Gasteiger partial charge in [0, 0.05) is 13.2 Å². The maximum absolute atomic E-state index is 5.60. The number of ether oxygens (including phenoxy) is 1. The lowest BCUT2D eigenvalue weighted by Crippen LogP contribution is -2.28. The van der Waals surface area contributed by atoms with E-state index in [0.29, 0.717) is 6.10 Å². The molecule has 0 spiro atoms. The molecule has 0 amide bonds. The number of nitrogens with one attached hydrogen (secondary N) is 1. The van der Waals surface area contributed by atoms with Crippen LogP contribution in [-0.4, -0.2) is 25.8 Å². The van der Waals surface area contributed by atoms with Crippen molar-refractivity contribution in [2.24, 2.45) is 11.8 Å². The molecule has 1 heterocycles. The lowest BCUT2D eigenvalue weighted by Gasteiger charge is -2.26. The highest BCUT2D eigenvalue weighted by Crippen LogP contribution is 2.30. The zero-order valence-corrected chi connectivity index (χ0v) is 10.7. The molecule has 3 unspecified atom stereocenters. The van der Waals surface area contributed by atoms with Crippen molar-refractivity contribution in [3.63, 3.8) is 0 Å². The highest BCUT2D eigenvalue weighted by molar-refractivity contribution is 4.72. The van der Waals surface area contributed by atoms with Gasteiger partial charge in [-0.1, -0.05) is 26.2 Å².